The van der Waals surface area contributed by atoms with E-state index >= 15 is 0 Å². The maximum atomic E-state index is 12.5. The van der Waals surface area contributed by atoms with E-state index in [0.717, 1.165) is 11.2 Å². The summed E-state index contributed by atoms with van der Waals surface area (Å²) in [4.78, 5) is 48.4. The van der Waals surface area contributed by atoms with Crippen LogP contribution in [0.5, 0.6) is 0 Å². The lowest BCUT2D eigenvalue weighted by Gasteiger charge is -2.50. The van der Waals surface area contributed by atoms with Gasteiger partial charge in [0, 0.05) is 46.6 Å². The molecular formula is C18H22N4O7S. The Balaban J connectivity index is 0.000000589. The Kier molecular flexibility index (Phi) is 5.46. The van der Waals surface area contributed by atoms with E-state index in [4.69, 9.17) is 9.90 Å². The third-order valence-electron chi connectivity index (χ3n) is 5.35. The Bertz CT molecular complexity index is 1010. The number of hydrogen-bond acceptors (Lipinski definition) is 6. The van der Waals surface area contributed by atoms with Crippen molar-refractivity contribution in [1.82, 2.24) is 19.4 Å². The fourth-order valence-electron chi connectivity index (χ4n) is 3.66. The van der Waals surface area contributed by atoms with Crippen molar-refractivity contribution in [2.24, 2.45) is 0 Å². The van der Waals surface area contributed by atoms with Crippen molar-refractivity contribution >= 4 is 33.8 Å². The van der Waals surface area contributed by atoms with Crippen LogP contribution in [-0.2, 0) is 19.6 Å². The van der Waals surface area contributed by atoms with Crippen LogP contribution in [0.2, 0.25) is 0 Å². The first-order valence-electron chi connectivity index (χ1n) is 9.15. The summed E-state index contributed by atoms with van der Waals surface area (Å²) in [5.74, 6) is -1.67. The average molecular weight is 438 g/mol. The lowest BCUT2D eigenvalue weighted by Crippen LogP contribution is -2.70. The van der Waals surface area contributed by atoms with Crippen LogP contribution in [0.1, 0.15) is 23.7 Å². The first-order chi connectivity index (χ1) is 14.0. The number of nitrogens with zero attached hydrogens (tertiary/aromatic N) is 3. The van der Waals surface area contributed by atoms with E-state index < -0.39 is 21.9 Å². The van der Waals surface area contributed by atoms with Crippen LogP contribution in [0.3, 0.4) is 0 Å². The summed E-state index contributed by atoms with van der Waals surface area (Å²) < 4.78 is 25.7. The average Bonchev–Trinajstić information content (AvgIpc) is 3.04. The number of carbonyl (C=O) groups excluding carboxylic acids is 3. The molecule has 0 aliphatic carbocycles. The quantitative estimate of drug-likeness (QED) is 0.650. The molecule has 2 saturated heterocycles. The molecule has 3 heterocycles. The summed E-state index contributed by atoms with van der Waals surface area (Å²) in [7, 11) is -2.20. The first-order valence-corrected chi connectivity index (χ1v) is 10.6. The Hall–Kier alpha value is -3.15. The zero-order chi connectivity index (χ0) is 22.3. The summed E-state index contributed by atoms with van der Waals surface area (Å²) in [5.41, 5.74) is -0.238. The summed E-state index contributed by atoms with van der Waals surface area (Å²) in [6, 6.07) is 5.86. The number of likely N-dealkylation sites (tertiary alicyclic amines) is 1. The normalized spacial score (nSPS) is 20.3. The molecule has 11 nitrogen and oxygen atoms in total. The molecule has 0 atom stereocenters. The fourth-order valence-corrected chi connectivity index (χ4v) is 5.23. The van der Waals surface area contributed by atoms with E-state index in [1.54, 1.807) is 29.0 Å². The van der Waals surface area contributed by atoms with E-state index in [0.29, 0.717) is 19.6 Å². The van der Waals surface area contributed by atoms with Gasteiger partial charge in [0.15, 0.2) is 0 Å². The Morgan fingerprint density at radius 3 is 2.33 bits per heavy atom. The maximum absolute atomic E-state index is 12.5. The van der Waals surface area contributed by atoms with Crippen LogP contribution in [0.4, 0.5) is 4.79 Å². The molecule has 30 heavy (non-hydrogen) atoms. The predicted octanol–water partition coefficient (Wildman–Crippen LogP) is -0.452. The van der Waals surface area contributed by atoms with Crippen molar-refractivity contribution < 1.29 is 32.7 Å². The highest BCUT2D eigenvalue weighted by Gasteiger charge is 2.53. The molecule has 1 spiro atoms. The number of carbonyl (C=O) groups is 4. The molecule has 3 aliphatic rings. The fraction of sp³-hybridized carbons (Fsp3) is 0.444. The van der Waals surface area contributed by atoms with Crippen LogP contribution in [0, 0.1) is 0 Å². The van der Waals surface area contributed by atoms with Crippen LogP contribution in [0.25, 0.3) is 0 Å². The second kappa shape index (κ2) is 7.59. The predicted molar refractivity (Wildman–Crippen MR) is 103 cm³/mol. The maximum Gasteiger partial charge on any atom is 0.317 e. The second-order valence-electron chi connectivity index (χ2n) is 7.34. The van der Waals surface area contributed by atoms with Gasteiger partial charge in [-0.3, -0.25) is 14.4 Å². The van der Waals surface area contributed by atoms with Gasteiger partial charge in [-0.2, -0.15) is 0 Å². The summed E-state index contributed by atoms with van der Waals surface area (Å²) >= 11 is 0. The highest BCUT2D eigenvalue weighted by molar-refractivity contribution is 7.90. The highest BCUT2D eigenvalue weighted by Crippen LogP contribution is 2.32. The zero-order valence-corrected chi connectivity index (χ0v) is 17.3. The number of rotatable bonds is 3. The molecule has 0 saturated carbocycles. The van der Waals surface area contributed by atoms with Gasteiger partial charge in [0.2, 0.25) is 5.91 Å². The van der Waals surface area contributed by atoms with Gasteiger partial charge in [-0.1, -0.05) is 12.1 Å². The number of aliphatic carboxylic acids is 1. The van der Waals surface area contributed by atoms with E-state index in [2.05, 4.69) is 5.32 Å². The number of nitrogens with one attached hydrogen (secondary N) is 1. The van der Waals surface area contributed by atoms with E-state index in [-0.39, 0.29) is 40.9 Å². The molecular weight excluding hydrogens is 416 g/mol. The number of fused-ring (bicyclic) bond motifs is 1. The van der Waals surface area contributed by atoms with Crippen molar-refractivity contribution in [2.45, 2.75) is 23.8 Å². The molecule has 0 unspecified atom stereocenters. The van der Waals surface area contributed by atoms with Crippen molar-refractivity contribution in [3.8, 4) is 0 Å². The molecule has 2 fully saturated rings. The van der Waals surface area contributed by atoms with Crippen LogP contribution in [-0.4, -0.2) is 90.2 Å². The van der Waals surface area contributed by atoms with E-state index in [1.165, 1.54) is 12.1 Å². The molecule has 1 aromatic carbocycles. The van der Waals surface area contributed by atoms with Gasteiger partial charge < -0.3 is 20.2 Å². The second-order valence-corrected chi connectivity index (χ2v) is 9.17. The molecule has 1 aromatic rings. The smallest absolute Gasteiger partial charge is 0.317 e. The molecule has 0 bridgehead atoms. The number of hydrogen-bond donors (Lipinski definition) is 2. The van der Waals surface area contributed by atoms with Gasteiger partial charge in [0.1, 0.15) is 4.90 Å². The molecule has 0 aromatic heterocycles. The summed E-state index contributed by atoms with van der Waals surface area (Å²) in [6.45, 7) is 2.19. The minimum absolute atomic E-state index is 0.0162. The third-order valence-corrected chi connectivity index (χ3v) is 7.19. The summed E-state index contributed by atoms with van der Waals surface area (Å²) in [6.07, 6.45) is -0.0832. The molecule has 12 heteroatoms. The van der Waals surface area contributed by atoms with E-state index in [1.807, 2.05) is 0 Å². The number of sulfonamides is 1. The first kappa shape index (κ1) is 21.6. The Morgan fingerprint density at radius 2 is 1.80 bits per heavy atom. The number of amides is 4. The molecule has 2 N–H and O–H groups in total. The van der Waals surface area contributed by atoms with Gasteiger partial charge in [0.05, 0.1) is 11.1 Å². The lowest BCUT2D eigenvalue weighted by molar-refractivity contribution is -0.142. The van der Waals surface area contributed by atoms with Gasteiger partial charge in [-0.25, -0.2) is 17.5 Å². The van der Waals surface area contributed by atoms with Gasteiger partial charge in [0.25, 0.3) is 21.9 Å². The van der Waals surface area contributed by atoms with Crippen molar-refractivity contribution in [1.29, 1.82) is 0 Å². The molecule has 4 rings (SSSR count). The highest BCUT2D eigenvalue weighted by atomic mass is 32.2. The molecule has 4 amide bonds. The number of urea groups is 1. The number of likely N-dealkylation sites (N-methyl/N-ethyl adjacent to an activating group) is 1. The molecule has 162 valence electrons. The molecule has 0 radical (unpaired) electrons. The minimum atomic E-state index is -3.89. The van der Waals surface area contributed by atoms with Crippen molar-refractivity contribution in [3.05, 3.63) is 29.8 Å². The van der Waals surface area contributed by atoms with Crippen molar-refractivity contribution in [2.75, 3.05) is 33.2 Å². The lowest BCUT2D eigenvalue weighted by atomic mass is 9.89. The zero-order valence-electron chi connectivity index (χ0n) is 16.5. The monoisotopic (exact) mass is 438 g/mol. The largest absolute Gasteiger partial charge is 0.481 e. The Morgan fingerprint density at radius 1 is 1.20 bits per heavy atom. The standard InChI is InChI=1S/C16H18N4O5S.C2H4O2/c1-18-15(23)17-8-16(18)9-19(10-16)13(21)6-7-20-14(22)11-4-2-3-5-12(11)26(20,24)25;1-2(3)4/h2-5H,6-10H2,1H3,(H,17,23);1H3,(H,3,4). The van der Waals surface area contributed by atoms with E-state index in [9.17, 15) is 22.8 Å². The van der Waals surface area contributed by atoms with Gasteiger partial charge >= 0.3 is 6.03 Å². The number of carboxylic acids is 1. The number of carboxylic acid groups (broad SMARTS) is 1. The van der Waals surface area contributed by atoms with Crippen LogP contribution >= 0.6 is 0 Å². The van der Waals surface area contributed by atoms with Crippen LogP contribution in [0.15, 0.2) is 29.2 Å². The van der Waals surface area contributed by atoms with Crippen LogP contribution < -0.4 is 5.32 Å². The molecule has 3 aliphatic heterocycles. The topological polar surface area (TPSA) is 144 Å². The third kappa shape index (κ3) is 3.58. The number of benzene rings is 1. The Labute approximate surface area is 173 Å². The van der Waals surface area contributed by atoms with Gasteiger partial charge in [-0.15, -0.1) is 0 Å². The minimum Gasteiger partial charge on any atom is -0.481 e. The summed E-state index contributed by atoms with van der Waals surface area (Å²) in [5, 5.41) is 10.2. The SMILES string of the molecule is CC(=O)O.CN1C(=O)NCC12CN(C(=O)CCN1C(=O)c3ccccc3S1(=O)=O)C2. The van der Waals surface area contributed by atoms with Gasteiger partial charge in [-0.05, 0) is 12.1 Å². The van der Waals surface area contributed by atoms with Crippen molar-refractivity contribution in [3.63, 3.8) is 0 Å².